The molecule has 1 aromatic heterocycles. The molecule has 0 spiro atoms. The average Bonchev–Trinajstić information content (AvgIpc) is 3.16. The van der Waals surface area contributed by atoms with Crippen molar-refractivity contribution in [2.24, 2.45) is 0 Å². The Labute approximate surface area is 148 Å². The smallest absolute Gasteiger partial charge is 0.274 e. The van der Waals surface area contributed by atoms with Gasteiger partial charge in [-0.3, -0.25) is 14.5 Å². The van der Waals surface area contributed by atoms with Gasteiger partial charge in [-0.1, -0.05) is 30.3 Å². The number of aromatic nitrogens is 4. The Hall–Kier alpha value is -3.55. The molecule has 0 fully saturated rings. The molecule has 0 unspecified atom stereocenters. The Morgan fingerprint density at radius 3 is 2.00 bits per heavy atom. The summed E-state index contributed by atoms with van der Waals surface area (Å²) in [5.41, 5.74) is 1.11. The van der Waals surface area contributed by atoms with Crippen LogP contribution in [-0.4, -0.2) is 43.0 Å². The third kappa shape index (κ3) is 2.61. The van der Waals surface area contributed by atoms with Crippen molar-refractivity contribution in [2.45, 2.75) is 13.0 Å². The maximum Gasteiger partial charge on any atom is 0.368 e. The highest BCUT2D eigenvalue weighted by Crippen LogP contribution is 2.22. The lowest BCUT2D eigenvalue weighted by Crippen LogP contribution is -2.32. The molecule has 2 aromatic carbocycles. The topological polar surface area (TPSA) is 90.1 Å². The Kier molecular flexibility index (Phi) is 3.92. The standard InChI is InChI=1S/C18H15N5O3/c24-16-14-9-4-5-10-15(14)17(25)21(16)11-6-12-22-18(26)23(20-19-22)13-7-2-1-3-8-13/h1-5,7-10H,6,11-12H2. The van der Waals surface area contributed by atoms with E-state index < -0.39 is 0 Å². The molecule has 0 atom stereocenters. The van der Waals surface area contributed by atoms with Gasteiger partial charge in [0, 0.05) is 13.1 Å². The lowest BCUT2D eigenvalue weighted by Gasteiger charge is -2.12. The molecule has 0 radical (unpaired) electrons. The van der Waals surface area contributed by atoms with E-state index in [1.807, 2.05) is 18.2 Å². The highest BCUT2D eigenvalue weighted by atomic mass is 16.2. The number of benzene rings is 2. The second kappa shape index (κ2) is 6.40. The van der Waals surface area contributed by atoms with Crippen molar-refractivity contribution in [1.29, 1.82) is 0 Å². The van der Waals surface area contributed by atoms with Gasteiger partial charge in [-0.25, -0.2) is 4.79 Å². The molecule has 2 heterocycles. The Bertz CT molecular complexity index is 1000. The molecule has 8 heteroatoms. The number of nitrogens with zero attached hydrogens (tertiary/aromatic N) is 5. The monoisotopic (exact) mass is 349 g/mol. The fraction of sp³-hybridized carbons (Fsp3) is 0.167. The first-order chi connectivity index (χ1) is 12.7. The molecule has 26 heavy (non-hydrogen) atoms. The maximum absolute atomic E-state index is 12.4. The third-order valence-electron chi connectivity index (χ3n) is 4.27. The van der Waals surface area contributed by atoms with Gasteiger partial charge in [-0.2, -0.15) is 9.36 Å². The molecular formula is C18H15N5O3. The normalized spacial score (nSPS) is 13.3. The van der Waals surface area contributed by atoms with Crippen LogP contribution in [0.15, 0.2) is 59.4 Å². The lowest BCUT2D eigenvalue weighted by atomic mass is 10.1. The Morgan fingerprint density at radius 1 is 0.731 bits per heavy atom. The van der Waals surface area contributed by atoms with Crippen LogP contribution in [0.2, 0.25) is 0 Å². The number of para-hydroxylation sites is 1. The summed E-state index contributed by atoms with van der Waals surface area (Å²) in [6.45, 7) is 0.482. The molecule has 130 valence electrons. The van der Waals surface area contributed by atoms with E-state index in [2.05, 4.69) is 10.4 Å². The molecule has 0 bridgehead atoms. The number of imide groups is 1. The van der Waals surface area contributed by atoms with Crippen LogP contribution in [0.25, 0.3) is 5.69 Å². The molecule has 8 nitrogen and oxygen atoms in total. The summed E-state index contributed by atoms with van der Waals surface area (Å²) in [4.78, 5) is 38.2. The van der Waals surface area contributed by atoms with Crippen molar-refractivity contribution in [3.63, 3.8) is 0 Å². The van der Waals surface area contributed by atoms with Gasteiger partial charge in [-0.05, 0) is 41.1 Å². The van der Waals surface area contributed by atoms with E-state index in [1.165, 1.54) is 14.3 Å². The zero-order valence-corrected chi connectivity index (χ0v) is 13.8. The highest BCUT2D eigenvalue weighted by molar-refractivity contribution is 6.21. The van der Waals surface area contributed by atoms with E-state index in [4.69, 9.17) is 0 Å². The van der Waals surface area contributed by atoms with Crippen molar-refractivity contribution in [3.8, 4) is 5.69 Å². The van der Waals surface area contributed by atoms with E-state index in [0.29, 0.717) is 23.2 Å². The van der Waals surface area contributed by atoms with Gasteiger partial charge in [0.05, 0.1) is 16.8 Å². The van der Waals surface area contributed by atoms with Crippen LogP contribution in [0.4, 0.5) is 0 Å². The van der Waals surface area contributed by atoms with E-state index >= 15 is 0 Å². The minimum atomic E-state index is -0.362. The van der Waals surface area contributed by atoms with Crippen molar-refractivity contribution < 1.29 is 9.59 Å². The van der Waals surface area contributed by atoms with Gasteiger partial charge in [0.1, 0.15) is 0 Å². The number of fused-ring (bicyclic) bond motifs is 1. The van der Waals surface area contributed by atoms with E-state index in [0.717, 1.165) is 0 Å². The van der Waals surface area contributed by atoms with Gasteiger partial charge >= 0.3 is 5.69 Å². The van der Waals surface area contributed by atoms with E-state index in [9.17, 15) is 14.4 Å². The van der Waals surface area contributed by atoms with E-state index in [1.54, 1.807) is 36.4 Å². The zero-order valence-electron chi connectivity index (χ0n) is 13.8. The summed E-state index contributed by atoms with van der Waals surface area (Å²) >= 11 is 0. The van der Waals surface area contributed by atoms with E-state index in [-0.39, 0.29) is 30.6 Å². The van der Waals surface area contributed by atoms with Crippen LogP contribution >= 0.6 is 0 Å². The third-order valence-corrected chi connectivity index (χ3v) is 4.27. The SMILES string of the molecule is O=C1c2ccccc2C(=O)N1CCCn1nnn(-c2ccccc2)c1=O. The maximum atomic E-state index is 12.4. The number of aryl methyl sites for hydroxylation is 1. The predicted molar refractivity (Wildman–Crippen MR) is 92.0 cm³/mol. The largest absolute Gasteiger partial charge is 0.368 e. The number of carbonyl (C=O) groups is 2. The molecule has 0 saturated heterocycles. The molecule has 0 aliphatic carbocycles. The van der Waals surface area contributed by atoms with Crippen LogP contribution in [0.3, 0.4) is 0 Å². The van der Waals surface area contributed by atoms with Crippen LogP contribution < -0.4 is 5.69 Å². The van der Waals surface area contributed by atoms with Gasteiger partial charge in [0.2, 0.25) is 0 Å². The van der Waals surface area contributed by atoms with Crippen LogP contribution in [0.5, 0.6) is 0 Å². The van der Waals surface area contributed by atoms with Gasteiger partial charge < -0.3 is 0 Å². The zero-order chi connectivity index (χ0) is 18.1. The first kappa shape index (κ1) is 15.9. The molecule has 1 aliphatic heterocycles. The fourth-order valence-electron chi connectivity index (χ4n) is 2.97. The molecule has 4 rings (SSSR count). The summed E-state index contributed by atoms with van der Waals surface area (Å²) in [5.74, 6) is -0.600. The van der Waals surface area contributed by atoms with Crippen molar-refractivity contribution in [3.05, 3.63) is 76.2 Å². The Morgan fingerprint density at radius 2 is 1.35 bits per heavy atom. The lowest BCUT2D eigenvalue weighted by molar-refractivity contribution is 0.0650. The highest BCUT2D eigenvalue weighted by Gasteiger charge is 2.34. The summed E-state index contributed by atoms with van der Waals surface area (Å²) in [6, 6.07) is 15.7. The summed E-state index contributed by atoms with van der Waals surface area (Å²) in [6.07, 6.45) is 0.416. The number of hydrogen-bond donors (Lipinski definition) is 0. The number of tetrazole rings is 1. The van der Waals surface area contributed by atoms with Crippen LogP contribution in [0, 0.1) is 0 Å². The van der Waals surface area contributed by atoms with Gasteiger partial charge in [-0.15, -0.1) is 0 Å². The summed E-state index contributed by atoms with van der Waals surface area (Å²) in [7, 11) is 0. The van der Waals surface area contributed by atoms with Gasteiger partial charge in [0.25, 0.3) is 11.8 Å². The van der Waals surface area contributed by atoms with Crippen molar-refractivity contribution in [1.82, 2.24) is 24.7 Å². The number of hydrogen-bond acceptors (Lipinski definition) is 5. The molecule has 0 N–H and O–H groups in total. The molecule has 0 saturated carbocycles. The number of carbonyl (C=O) groups excluding carboxylic acids is 2. The van der Waals surface area contributed by atoms with Crippen LogP contribution in [0.1, 0.15) is 27.1 Å². The summed E-state index contributed by atoms with van der Waals surface area (Å²) in [5, 5.41) is 7.73. The molecular weight excluding hydrogens is 334 g/mol. The molecule has 3 aromatic rings. The van der Waals surface area contributed by atoms with Crippen LogP contribution in [-0.2, 0) is 6.54 Å². The minimum absolute atomic E-state index is 0.219. The van der Waals surface area contributed by atoms with Crippen molar-refractivity contribution in [2.75, 3.05) is 6.54 Å². The average molecular weight is 349 g/mol. The predicted octanol–water partition coefficient (Wildman–Crippen LogP) is 1.12. The van der Waals surface area contributed by atoms with Gasteiger partial charge in [0.15, 0.2) is 0 Å². The first-order valence-electron chi connectivity index (χ1n) is 8.20. The summed E-state index contributed by atoms with van der Waals surface area (Å²) < 4.78 is 2.44. The van der Waals surface area contributed by atoms with Crippen molar-refractivity contribution >= 4 is 11.8 Å². The first-order valence-corrected chi connectivity index (χ1v) is 8.20. The minimum Gasteiger partial charge on any atom is -0.274 e. The quantitative estimate of drug-likeness (QED) is 0.644. The Balaban J connectivity index is 1.44. The fourth-order valence-corrected chi connectivity index (χ4v) is 2.97. The number of amides is 2. The molecule has 1 aliphatic rings. The molecule has 2 amide bonds. The second-order valence-electron chi connectivity index (χ2n) is 5.89. The number of rotatable bonds is 5. The second-order valence-corrected chi connectivity index (χ2v) is 5.89.